The smallest absolute Gasteiger partial charge is 0.266 e. The van der Waals surface area contributed by atoms with Crippen molar-refractivity contribution < 1.29 is 9.53 Å². The lowest BCUT2D eigenvalue weighted by Crippen LogP contribution is -2.31. The lowest BCUT2D eigenvalue weighted by atomic mass is 10.1. The molecule has 2 heterocycles. The van der Waals surface area contributed by atoms with Gasteiger partial charge in [0.15, 0.2) is 6.10 Å². The first kappa shape index (κ1) is 11.8. The van der Waals surface area contributed by atoms with Gasteiger partial charge in [0.25, 0.3) is 5.91 Å². The predicted molar refractivity (Wildman–Crippen MR) is 72.2 cm³/mol. The van der Waals surface area contributed by atoms with Gasteiger partial charge in [-0.2, -0.15) is 5.26 Å². The van der Waals surface area contributed by atoms with Gasteiger partial charge in [-0.15, -0.1) is 11.3 Å². The maximum Gasteiger partial charge on any atom is 0.266 e. The molecule has 0 saturated carbocycles. The van der Waals surface area contributed by atoms with Crippen LogP contribution in [0.2, 0.25) is 0 Å². The van der Waals surface area contributed by atoms with E-state index in [1.165, 1.54) is 11.3 Å². The van der Waals surface area contributed by atoms with E-state index in [0.717, 1.165) is 11.3 Å². The van der Waals surface area contributed by atoms with Gasteiger partial charge in [0, 0.05) is 6.42 Å². The Labute approximate surface area is 114 Å². The number of carbonyl (C=O) groups is 1. The van der Waals surface area contributed by atoms with Crippen LogP contribution in [0.3, 0.4) is 0 Å². The Hall–Kier alpha value is -2.32. The highest BCUT2D eigenvalue weighted by Gasteiger charge is 2.29. The van der Waals surface area contributed by atoms with Crippen LogP contribution in [0, 0.1) is 11.3 Å². The zero-order valence-corrected chi connectivity index (χ0v) is 10.7. The van der Waals surface area contributed by atoms with Gasteiger partial charge in [-0.05, 0) is 23.1 Å². The van der Waals surface area contributed by atoms with E-state index < -0.39 is 6.10 Å². The molecule has 0 bridgehead atoms. The summed E-state index contributed by atoms with van der Waals surface area (Å²) in [4.78, 5) is 12.1. The molecule has 5 heteroatoms. The number of thiophene rings is 1. The second-order valence-corrected chi connectivity index (χ2v) is 5.10. The molecule has 1 N–H and O–H groups in total. The first-order valence-corrected chi connectivity index (χ1v) is 6.69. The molecule has 94 valence electrons. The summed E-state index contributed by atoms with van der Waals surface area (Å²) in [5, 5.41) is 14.0. The van der Waals surface area contributed by atoms with Gasteiger partial charge in [-0.3, -0.25) is 4.79 Å². The maximum atomic E-state index is 12.1. The number of nitriles is 1. The summed E-state index contributed by atoms with van der Waals surface area (Å²) in [6, 6.07) is 11.3. The summed E-state index contributed by atoms with van der Waals surface area (Å²) < 4.78 is 5.60. The Bertz CT molecular complexity index is 647. The lowest BCUT2D eigenvalue weighted by molar-refractivity contribution is -0.122. The number of nitrogens with zero attached hydrogens (tertiary/aromatic N) is 1. The average molecular weight is 270 g/mol. The van der Waals surface area contributed by atoms with Crippen molar-refractivity contribution in [2.75, 3.05) is 5.32 Å². The van der Waals surface area contributed by atoms with Gasteiger partial charge >= 0.3 is 0 Å². The Morgan fingerprint density at radius 1 is 1.42 bits per heavy atom. The molecule has 1 aromatic heterocycles. The number of nitrogens with one attached hydrogen (secondary N) is 1. The Balaban J connectivity index is 1.72. The zero-order valence-electron chi connectivity index (χ0n) is 9.92. The van der Waals surface area contributed by atoms with Gasteiger partial charge in [0.2, 0.25) is 0 Å². The lowest BCUT2D eigenvalue weighted by Gasteiger charge is -2.10. The van der Waals surface area contributed by atoms with E-state index >= 15 is 0 Å². The Morgan fingerprint density at radius 3 is 3.05 bits per heavy atom. The van der Waals surface area contributed by atoms with Crippen molar-refractivity contribution in [2.24, 2.45) is 0 Å². The molecule has 4 nitrogen and oxygen atoms in total. The number of para-hydroxylation sites is 1. The number of anilines is 1. The zero-order chi connectivity index (χ0) is 13.2. The summed E-state index contributed by atoms with van der Waals surface area (Å²) >= 11 is 1.34. The van der Waals surface area contributed by atoms with Crippen LogP contribution in [-0.2, 0) is 11.2 Å². The van der Waals surface area contributed by atoms with Crippen LogP contribution in [0.15, 0.2) is 35.7 Å². The van der Waals surface area contributed by atoms with Crippen molar-refractivity contribution in [1.82, 2.24) is 0 Å². The van der Waals surface area contributed by atoms with Gasteiger partial charge in [-0.1, -0.05) is 18.2 Å². The molecule has 0 spiro atoms. The van der Waals surface area contributed by atoms with E-state index in [9.17, 15) is 4.79 Å². The van der Waals surface area contributed by atoms with Gasteiger partial charge in [0.1, 0.15) is 16.8 Å². The Kier molecular flexibility index (Phi) is 2.94. The standard InChI is InChI=1S/C14H10N2O2S/c15-8-10-5-6-19-14(10)16-13(17)12-7-9-3-1-2-4-11(9)18-12/h1-6,12H,7H2,(H,16,17)/t12-/m1/s1. The number of fused-ring (bicyclic) bond motifs is 1. The van der Waals surface area contributed by atoms with Gasteiger partial charge in [0.05, 0.1) is 5.56 Å². The molecular formula is C14H10N2O2S. The highest BCUT2D eigenvalue weighted by molar-refractivity contribution is 7.14. The summed E-state index contributed by atoms with van der Waals surface area (Å²) in [5.74, 6) is 0.546. The number of benzene rings is 1. The van der Waals surface area contributed by atoms with Crippen LogP contribution in [0.25, 0.3) is 0 Å². The van der Waals surface area contributed by atoms with Crippen molar-refractivity contribution in [1.29, 1.82) is 5.26 Å². The fourth-order valence-corrected chi connectivity index (χ4v) is 2.76. The normalized spacial score (nSPS) is 16.3. The number of rotatable bonds is 2. The average Bonchev–Trinajstić information content (AvgIpc) is 3.03. The third-order valence-corrected chi connectivity index (χ3v) is 3.79. The van der Waals surface area contributed by atoms with Gasteiger partial charge in [-0.25, -0.2) is 0 Å². The molecular weight excluding hydrogens is 260 g/mol. The van der Waals surface area contributed by atoms with Crippen molar-refractivity contribution in [3.8, 4) is 11.8 Å². The summed E-state index contributed by atoms with van der Waals surface area (Å²) in [6.45, 7) is 0. The molecule has 0 aliphatic carbocycles. The Morgan fingerprint density at radius 2 is 2.26 bits per heavy atom. The van der Waals surface area contributed by atoms with E-state index in [2.05, 4.69) is 5.32 Å². The minimum atomic E-state index is -0.522. The molecule has 1 aromatic carbocycles. The molecule has 0 saturated heterocycles. The van der Waals surface area contributed by atoms with Crippen molar-refractivity contribution >= 4 is 22.2 Å². The van der Waals surface area contributed by atoms with Gasteiger partial charge < -0.3 is 10.1 Å². The fraction of sp³-hybridized carbons (Fsp3) is 0.143. The van der Waals surface area contributed by atoms with E-state index in [0.29, 0.717) is 17.0 Å². The molecule has 1 aliphatic rings. The molecule has 19 heavy (non-hydrogen) atoms. The maximum absolute atomic E-state index is 12.1. The number of carbonyl (C=O) groups excluding carboxylic acids is 1. The van der Waals surface area contributed by atoms with Crippen molar-refractivity contribution in [2.45, 2.75) is 12.5 Å². The number of hydrogen-bond donors (Lipinski definition) is 1. The highest BCUT2D eigenvalue weighted by atomic mass is 32.1. The number of hydrogen-bond acceptors (Lipinski definition) is 4. The molecule has 1 atom stereocenters. The highest BCUT2D eigenvalue weighted by Crippen LogP contribution is 2.29. The third-order valence-electron chi connectivity index (χ3n) is 2.96. The quantitative estimate of drug-likeness (QED) is 0.912. The monoisotopic (exact) mass is 270 g/mol. The summed E-state index contributed by atoms with van der Waals surface area (Å²) in [6.07, 6.45) is 0.0426. The molecule has 0 unspecified atom stereocenters. The van der Waals surface area contributed by atoms with Crippen LogP contribution in [0.4, 0.5) is 5.00 Å². The first-order chi connectivity index (χ1) is 9.28. The topological polar surface area (TPSA) is 62.1 Å². The third kappa shape index (κ3) is 2.18. The van der Waals surface area contributed by atoms with Crippen molar-refractivity contribution in [3.63, 3.8) is 0 Å². The molecule has 1 aliphatic heterocycles. The largest absolute Gasteiger partial charge is 0.480 e. The summed E-state index contributed by atoms with van der Waals surface area (Å²) in [5.41, 5.74) is 1.52. The number of ether oxygens (including phenoxy) is 1. The minimum absolute atomic E-state index is 0.213. The SMILES string of the molecule is N#Cc1ccsc1NC(=O)[C@H]1Cc2ccccc2O1. The molecule has 1 amide bonds. The molecule has 0 radical (unpaired) electrons. The molecule has 2 aromatic rings. The molecule has 3 rings (SSSR count). The summed E-state index contributed by atoms with van der Waals surface area (Å²) in [7, 11) is 0. The van der Waals surface area contributed by atoms with E-state index in [1.54, 1.807) is 11.4 Å². The minimum Gasteiger partial charge on any atom is -0.480 e. The van der Waals surface area contributed by atoms with Crippen LogP contribution in [0.5, 0.6) is 5.75 Å². The predicted octanol–water partition coefficient (Wildman–Crippen LogP) is 2.56. The fourth-order valence-electron chi connectivity index (χ4n) is 2.01. The van der Waals surface area contributed by atoms with Crippen molar-refractivity contribution in [3.05, 3.63) is 46.8 Å². The number of amides is 1. The van der Waals surface area contributed by atoms with E-state index in [1.807, 2.05) is 30.3 Å². The van der Waals surface area contributed by atoms with E-state index in [-0.39, 0.29) is 5.91 Å². The van der Waals surface area contributed by atoms with Crippen LogP contribution < -0.4 is 10.1 Å². The second-order valence-electron chi connectivity index (χ2n) is 4.18. The van der Waals surface area contributed by atoms with Crippen LogP contribution in [0.1, 0.15) is 11.1 Å². The second kappa shape index (κ2) is 4.75. The molecule has 0 fully saturated rings. The van der Waals surface area contributed by atoms with Crippen LogP contribution in [-0.4, -0.2) is 12.0 Å². The first-order valence-electron chi connectivity index (χ1n) is 5.81. The van der Waals surface area contributed by atoms with Crippen LogP contribution >= 0.6 is 11.3 Å². The van der Waals surface area contributed by atoms with E-state index in [4.69, 9.17) is 10.00 Å².